The highest BCUT2D eigenvalue weighted by molar-refractivity contribution is 5.94. The third-order valence-corrected chi connectivity index (χ3v) is 2.90. The van der Waals surface area contributed by atoms with Gasteiger partial charge in [-0.1, -0.05) is 19.9 Å². The zero-order valence-electron chi connectivity index (χ0n) is 12.4. The van der Waals surface area contributed by atoms with Gasteiger partial charge in [-0.2, -0.15) is 0 Å². The van der Waals surface area contributed by atoms with E-state index in [1.807, 2.05) is 26.0 Å². The van der Waals surface area contributed by atoms with Gasteiger partial charge in [0.05, 0.1) is 0 Å². The van der Waals surface area contributed by atoms with Crippen LogP contribution in [0.4, 0.5) is 11.4 Å². The van der Waals surface area contributed by atoms with Gasteiger partial charge in [0.25, 0.3) is 0 Å². The van der Waals surface area contributed by atoms with Gasteiger partial charge in [0.2, 0.25) is 11.8 Å². The van der Waals surface area contributed by atoms with Gasteiger partial charge in [0.1, 0.15) is 0 Å². The van der Waals surface area contributed by atoms with Gasteiger partial charge in [-0.05, 0) is 31.2 Å². The first-order valence-corrected chi connectivity index (χ1v) is 6.97. The lowest BCUT2D eigenvalue weighted by Gasteiger charge is -2.11. The van der Waals surface area contributed by atoms with Crippen molar-refractivity contribution in [2.75, 3.05) is 23.7 Å². The van der Waals surface area contributed by atoms with Crippen molar-refractivity contribution in [1.29, 1.82) is 0 Å². The fraction of sp³-hybridized carbons (Fsp3) is 0.467. The number of carbonyl (C=O) groups excluding carboxylic acids is 2. The smallest absolute Gasteiger partial charge is 0.225 e. The number of rotatable bonds is 7. The Kier molecular flexibility index (Phi) is 6.73. The van der Waals surface area contributed by atoms with Gasteiger partial charge in [0, 0.05) is 30.8 Å². The summed E-state index contributed by atoms with van der Waals surface area (Å²) in [6.07, 6.45) is 0.858. The van der Waals surface area contributed by atoms with Crippen molar-refractivity contribution in [2.24, 2.45) is 0 Å². The summed E-state index contributed by atoms with van der Waals surface area (Å²) < 4.78 is 0. The standard InChI is InChI=1S/C15H23N3O2/c1-4-14(19)17-12-7-6-11(3)13(10-12)18-15(20)8-9-16-5-2/h6-7,10,16H,4-5,8-9H2,1-3H3,(H,17,19)(H,18,20). The number of hydrogen-bond donors (Lipinski definition) is 3. The number of hydrogen-bond acceptors (Lipinski definition) is 3. The van der Waals surface area contributed by atoms with Gasteiger partial charge >= 0.3 is 0 Å². The zero-order chi connectivity index (χ0) is 15.0. The van der Waals surface area contributed by atoms with Gasteiger partial charge in [-0.15, -0.1) is 0 Å². The minimum absolute atomic E-state index is 0.0342. The number of aryl methyl sites for hydroxylation is 1. The Labute approximate surface area is 120 Å². The van der Waals surface area contributed by atoms with E-state index in [1.165, 1.54) is 0 Å². The molecule has 1 aromatic rings. The zero-order valence-corrected chi connectivity index (χ0v) is 12.4. The van der Waals surface area contributed by atoms with E-state index in [-0.39, 0.29) is 11.8 Å². The van der Waals surface area contributed by atoms with Crippen LogP contribution in [0.2, 0.25) is 0 Å². The molecule has 0 aliphatic heterocycles. The quantitative estimate of drug-likeness (QED) is 0.670. The minimum Gasteiger partial charge on any atom is -0.326 e. The van der Waals surface area contributed by atoms with Crippen molar-refractivity contribution in [2.45, 2.75) is 33.6 Å². The van der Waals surface area contributed by atoms with Gasteiger partial charge < -0.3 is 16.0 Å². The first kappa shape index (κ1) is 16.2. The molecule has 0 saturated carbocycles. The normalized spacial score (nSPS) is 10.2. The summed E-state index contributed by atoms with van der Waals surface area (Å²) in [7, 11) is 0. The molecule has 0 aromatic heterocycles. The summed E-state index contributed by atoms with van der Waals surface area (Å²) in [5, 5.41) is 8.76. The predicted molar refractivity (Wildman–Crippen MR) is 81.9 cm³/mol. The van der Waals surface area contributed by atoms with Crippen molar-refractivity contribution in [3.05, 3.63) is 23.8 Å². The van der Waals surface area contributed by atoms with Crippen molar-refractivity contribution in [3.8, 4) is 0 Å². The van der Waals surface area contributed by atoms with E-state index in [0.29, 0.717) is 25.1 Å². The van der Waals surface area contributed by atoms with Crippen molar-refractivity contribution >= 4 is 23.2 Å². The molecular formula is C15H23N3O2. The minimum atomic E-state index is -0.0433. The Morgan fingerprint density at radius 1 is 1.10 bits per heavy atom. The molecule has 5 nitrogen and oxygen atoms in total. The molecule has 0 saturated heterocycles. The molecule has 2 amide bonds. The number of benzene rings is 1. The molecule has 0 unspecified atom stereocenters. The second-order valence-corrected chi connectivity index (χ2v) is 4.58. The average Bonchev–Trinajstić information content (AvgIpc) is 2.42. The van der Waals surface area contributed by atoms with Gasteiger partial charge in [0.15, 0.2) is 0 Å². The highest BCUT2D eigenvalue weighted by Gasteiger charge is 2.06. The van der Waals surface area contributed by atoms with Gasteiger partial charge in [-0.3, -0.25) is 9.59 Å². The van der Waals surface area contributed by atoms with E-state index in [9.17, 15) is 9.59 Å². The number of anilines is 2. The highest BCUT2D eigenvalue weighted by Crippen LogP contribution is 2.20. The number of nitrogens with one attached hydrogen (secondary N) is 3. The lowest BCUT2D eigenvalue weighted by molar-refractivity contribution is -0.116. The summed E-state index contributed by atoms with van der Waals surface area (Å²) in [4.78, 5) is 23.2. The average molecular weight is 277 g/mol. The Morgan fingerprint density at radius 3 is 2.50 bits per heavy atom. The molecule has 1 aromatic carbocycles. The molecule has 110 valence electrons. The summed E-state index contributed by atoms with van der Waals surface area (Å²) in [5.41, 5.74) is 2.40. The van der Waals surface area contributed by atoms with E-state index < -0.39 is 0 Å². The van der Waals surface area contributed by atoms with E-state index in [1.54, 1.807) is 13.0 Å². The summed E-state index contributed by atoms with van der Waals surface area (Å²) in [5.74, 6) is -0.0775. The summed E-state index contributed by atoms with van der Waals surface area (Å²) >= 11 is 0. The van der Waals surface area contributed by atoms with Crippen LogP contribution in [0.3, 0.4) is 0 Å². The van der Waals surface area contributed by atoms with Crippen molar-refractivity contribution in [1.82, 2.24) is 5.32 Å². The van der Waals surface area contributed by atoms with Crippen LogP contribution in [0.25, 0.3) is 0 Å². The van der Waals surface area contributed by atoms with Crippen LogP contribution >= 0.6 is 0 Å². The summed E-state index contributed by atoms with van der Waals surface area (Å²) in [6.45, 7) is 7.23. The SMILES string of the molecule is CCNCCC(=O)Nc1cc(NC(=O)CC)ccc1C. The summed E-state index contributed by atoms with van der Waals surface area (Å²) in [6, 6.07) is 5.50. The first-order valence-electron chi connectivity index (χ1n) is 6.97. The van der Waals surface area contributed by atoms with Crippen LogP contribution in [-0.4, -0.2) is 24.9 Å². The molecule has 1 rings (SSSR count). The Bertz CT molecular complexity index is 472. The molecule has 0 aliphatic rings. The molecule has 0 radical (unpaired) electrons. The second-order valence-electron chi connectivity index (χ2n) is 4.58. The topological polar surface area (TPSA) is 70.2 Å². The van der Waals surface area contributed by atoms with Crippen molar-refractivity contribution < 1.29 is 9.59 Å². The van der Waals surface area contributed by atoms with Crippen LogP contribution in [-0.2, 0) is 9.59 Å². The Hall–Kier alpha value is -1.88. The van der Waals surface area contributed by atoms with E-state index in [2.05, 4.69) is 16.0 Å². The lowest BCUT2D eigenvalue weighted by Crippen LogP contribution is -2.21. The maximum atomic E-state index is 11.8. The third kappa shape index (κ3) is 5.40. The molecule has 0 atom stereocenters. The Balaban J connectivity index is 2.66. The van der Waals surface area contributed by atoms with Gasteiger partial charge in [-0.25, -0.2) is 0 Å². The number of amides is 2. The molecule has 0 bridgehead atoms. The third-order valence-electron chi connectivity index (χ3n) is 2.90. The fourth-order valence-electron chi connectivity index (χ4n) is 1.68. The Morgan fingerprint density at radius 2 is 1.85 bits per heavy atom. The van der Waals surface area contributed by atoms with E-state index in [0.717, 1.165) is 17.8 Å². The second kappa shape index (κ2) is 8.32. The van der Waals surface area contributed by atoms with E-state index >= 15 is 0 Å². The molecule has 0 spiro atoms. The molecule has 20 heavy (non-hydrogen) atoms. The van der Waals surface area contributed by atoms with Crippen LogP contribution in [0.1, 0.15) is 32.3 Å². The molecule has 0 heterocycles. The molecule has 3 N–H and O–H groups in total. The molecule has 0 fully saturated rings. The predicted octanol–water partition coefficient (Wildman–Crippen LogP) is 2.28. The first-order chi connectivity index (χ1) is 9.56. The molecular weight excluding hydrogens is 254 g/mol. The lowest BCUT2D eigenvalue weighted by atomic mass is 10.1. The van der Waals surface area contributed by atoms with Crippen LogP contribution in [0.5, 0.6) is 0 Å². The maximum Gasteiger partial charge on any atom is 0.225 e. The highest BCUT2D eigenvalue weighted by atomic mass is 16.2. The fourth-order valence-corrected chi connectivity index (χ4v) is 1.68. The van der Waals surface area contributed by atoms with Crippen molar-refractivity contribution in [3.63, 3.8) is 0 Å². The maximum absolute atomic E-state index is 11.8. The number of carbonyl (C=O) groups is 2. The monoisotopic (exact) mass is 277 g/mol. The van der Waals surface area contributed by atoms with Crippen LogP contribution < -0.4 is 16.0 Å². The van der Waals surface area contributed by atoms with Crippen LogP contribution in [0, 0.1) is 6.92 Å². The molecule has 5 heteroatoms. The molecule has 0 aliphatic carbocycles. The van der Waals surface area contributed by atoms with Crippen LogP contribution in [0.15, 0.2) is 18.2 Å². The largest absolute Gasteiger partial charge is 0.326 e. The van der Waals surface area contributed by atoms with E-state index in [4.69, 9.17) is 0 Å².